The van der Waals surface area contributed by atoms with Gasteiger partial charge in [0.05, 0.1) is 26.4 Å². The number of carbonyl (C=O) groups is 4. The van der Waals surface area contributed by atoms with Gasteiger partial charge in [0, 0.05) is 25.7 Å². The third-order valence-electron chi connectivity index (χ3n) is 15.1. The topological polar surface area (TPSA) is 237 Å². The summed E-state index contributed by atoms with van der Waals surface area (Å²) < 4.78 is 67.8. The maximum atomic E-state index is 13.0. The Labute approximate surface area is 517 Å². The van der Waals surface area contributed by atoms with Gasteiger partial charge in [-0.15, -0.1) is 0 Å². The lowest BCUT2D eigenvalue weighted by atomic mass is 10.0. The Morgan fingerprint density at radius 3 is 0.800 bits per heavy atom. The van der Waals surface area contributed by atoms with E-state index in [9.17, 15) is 43.2 Å². The van der Waals surface area contributed by atoms with Gasteiger partial charge in [0.15, 0.2) is 12.2 Å². The Hall–Kier alpha value is -1.94. The first-order chi connectivity index (χ1) is 40.7. The Morgan fingerprint density at radius 2 is 0.541 bits per heavy atom. The van der Waals surface area contributed by atoms with Gasteiger partial charge < -0.3 is 33.8 Å². The fourth-order valence-electron chi connectivity index (χ4n) is 9.83. The van der Waals surface area contributed by atoms with Crippen molar-refractivity contribution in [2.24, 2.45) is 17.8 Å². The van der Waals surface area contributed by atoms with Crippen molar-refractivity contribution in [1.82, 2.24) is 0 Å². The Morgan fingerprint density at radius 1 is 0.318 bits per heavy atom. The second-order valence-electron chi connectivity index (χ2n) is 25.3. The molecular weight excluding hydrogens is 1130 g/mol. The zero-order valence-electron chi connectivity index (χ0n) is 55.1. The summed E-state index contributed by atoms with van der Waals surface area (Å²) in [6.07, 6.45) is 39.6. The molecule has 0 aliphatic carbocycles. The molecule has 0 spiro atoms. The quantitative estimate of drug-likeness (QED) is 0.0222. The molecule has 0 bridgehead atoms. The smallest absolute Gasteiger partial charge is 0.462 e. The van der Waals surface area contributed by atoms with Gasteiger partial charge in [-0.05, 0) is 43.4 Å². The Balaban J connectivity index is 5.13. The van der Waals surface area contributed by atoms with Gasteiger partial charge in [-0.2, -0.15) is 0 Å². The second-order valence-corrected chi connectivity index (χ2v) is 28.2. The molecule has 19 heteroatoms. The van der Waals surface area contributed by atoms with Gasteiger partial charge in [0.25, 0.3) is 0 Å². The van der Waals surface area contributed by atoms with E-state index >= 15 is 0 Å². The molecule has 5 atom stereocenters. The van der Waals surface area contributed by atoms with Gasteiger partial charge in [0.2, 0.25) is 0 Å². The minimum absolute atomic E-state index is 0.101. The Bertz CT molecular complexity index is 1680. The van der Waals surface area contributed by atoms with Crippen LogP contribution in [0.3, 0.4) is 0 Å². The first-order valence-corrected chi connectivity index (χ1v) is 37.3. The first kappa shape index (κ1) is 83.1. The monoisotopic (exact) mass is 1250 g/mol. The minimum Gasteiger partial charge on any atom is -0.462 e. The highest BCUT2D eigenvalue weighted by Crippen LogP contribution is 2.45. The largest absolute Gasteiger partial charge is 0.472 e. The van der Waals surface area contributed by atoms with E-state index in [1.807, 2.05) is 0 Å². The van der Waals surface area contributed by atoms with Crippen molar-refractivity contribution in [3.05, 3.63) is 0 Å². The number of rotatable bonds is 64. The van der Waals surface area contributed by atoms with Crippen LogP contribution < -0.4 is 0 Å². The van der Waals surface area contributed by atoms with Crippen LogP contribution in [0.2, 0.25) is 0 Å². The van der Waals surface area contributed by atoms with Gasteiger partial charge >= 0.3 is 39.5 Å². The summed E-state index contributed by atoms with van der Waals surface area (Å²) in [5.41, 5.74) is 0. The van der Waals surface area contributed by atoms with Crippen LogP contribution in [0.5, 0.6) is 0 Å². The predicted octanol–water partition coefficient (Wildman–Crippen LogP) is 18.3. The lowest BCUT2D eigenvalue weighted by Crippen LogP contribution is -2.30. The number of phosphoric ester groups is 2. The number of aliphatic hydroxyl groups excluding tert-OH is 1. The van der Waals surface area contributed by atoms with Crippen LogP contribution in [0.4, 0.5) is 0 Å². The third kappa shape index (κ3) is 60.7. The van der Waals surface area contributed by atoms with E-state index in [-0.39, 0.29) is 25.7 Å². The molecule has 0 aromatic heterocycles. The summed E-state index contributed by atoms with van der Waals surface area (Å²) in [5, 5.41) is 10.5. The number of phosphoric acid groups is 2. The molecule has 3 N–H and O–H groups in total. The molecule has 0 rings (SSSR count). The summed E-state index contributed by atoms with van der Waals surface area (Å²) in [7, 11) is -9.88. The molecule has 17 nitrogen and oxygen atoms in total. The lowest BCUT2D eigenvalue weighted by molar-refractivity contribution is -0.161. The van der Waals surface area contributed by atoms with Crippen LogP contribution in [-0.2, 0) is 65.4 Å². The average molecular weight is 1260 g/mol. The van der Waals surface area contributed by atoms with E-state index in [4.69, 9.17) is 37.0 Å². The van der Waals surface area contributed by atoms with Crippen molar-refractivity contribution in [3.8, 4) is 0 Å². The van der Waals surface area contributed by atoms with E-state index in [0.29, 0.717) is 31.6 Å². The van der Waals surface area contributed by atoms with Crippen molar-refractivity contribution < 1.29 is 80.2 Å². The minimum atomic E-state index is -4.95. The average Bonchev–Trinajstić information content (AvgIpc) is 3.50. The number of esters is 4. The summed E-state index contributed by atoms with van der Waals surface area (Å²) >= 11 is 0. The standard InChI is InChI=1S/C66H128O17P2/c1-8-9-10-30-40-47-63(68)76-53-61(83-66(71)50-43-36-29-28-33-39-46-59(6)7)55-80-84(72,73)78-51-60(67)52-79-85(74,75)81-56-62(54-77-64(69)48-41-34-26-23-19-21-25-32-38-45-58(4)5)82-65(70)49-42-35-27-22-18-16-14-12-11-13-15-17-20-24-31-37-44-57(2)3/h57-62,67H,8-56H2,1-7H3,(H,72,73)(H,74,75)/t60-,61+,62+/m0/s1. The highest BCUT2D eigenvalue weighted by Gasteiger charge is 2.30. The molecule has 85 heavy (non-hydrogen) atoms. The second kappa shape index (κ2) is 57.2. The van der Waals surface area contributed by atoms with E-state index in [1.54, 1.807) is 0 Å². The highest BCUT2D eigenvalue weighted by atomic mass is 31.2. The van der Waals surface area contributed by atoms with Crippen LogP contribution in [-0.4, -0.2) is 96.7 Å². The summed E-state index contributed by atoms with van der Waals surface area (Å²) in [4.78, 5) is 72.0. The van der Waals surface area contributed by atoms with Crippen molar-refractivity contribution in [2.45, 2.75) is 343 Å². The van der Waals surface area contributed by atoms with Crippen LogP contribution in [0.25, 0.3) is 0 Å². The Kier molecular flexibility index (Phi) is 55.9. The van der Waals surface area contributed by atoms with Crippen molar-refractivity contribution in [2.75, 3.05) is 39.6 Å². The van der Waals surface area contributed by atoms with Gasteiger partial charge in [0.1, 0.15) is 19.3 Å². The van der Waals surface area contributed by atoms with Gasteiger partial charge in [-0.3, -0.25) is 37.3 Å². The summed E-state index contributed by atoms with van der Waals surface area (Å²) in [6.45, 7) is 11.6. The first-order valence-electron chi connectivity index (χ1n) is 34.3. The lowest BCUT2D eigenvalue weighted by Gasteiger charge is -2.21. The summed E-state index contributed by atoms with van der Waals surface area (Å²) in [5.74, 6) is 0.0750. The molecule has 0 radical (unpaired) electrons. The number of unbranched alkanes of at least 4 members (excludes halogenated alkanes) is 32. The fourth-order valence-corrected chi connectivity index (χ4v) is 11.4. The van der Waals surface area contributed by atoms with Crippen LogP contribution in [0, 0.1) is 17.8 Å². The molecule has 2 unspecified atom stereocenters. The SMILES string of the molecule is CCCCCCCC(=O)OC[C@H](COP(=O)(O)OC[C@H](O)COP(=O)(O)OC[C@@H](COC(=O)CCCCCCCCCCCC(C)C)OC(=O)CCCCCCCCCCCCCCCCCCC(C)C)OC(=O)CCCCCCCCC(C)C. The van der Waals surface area contributed by atoms with Crippen LogP contribution in [0.1, 0.15) is 325 Å². The number of hydrogen-bond donors (Lipinski definition) is 3. The molecule has 504 valence electrons. The highest BCUT2D eigenvalue weighted by molar-refractivity contribution is 7.47. The zero-order valence-corrected chi connectivity index (χ0v) is 56.9. The molecule has 0 fully saturated rings. The normalized spacial score (nSPS) is 14.3. The number of hydrogen-bond acceptors (Lipinski definition) is 15. The zero-order chi connectivity index (χ0) is 63.1. The summed E-state index contributed by atoms with van der Waals surface area (Å²) in [6, 6.07) is 0. The molecule has 0 heterocycles. The van der Waals surface area contributed by atoms with Gasteiger partial charge in [-0.1, -0.05) is 273 Å². The molecule has 0 saturated carbocycles. The van der Waals surface area contributed by atoms with E-state index in [1.165, 1.54) is 128 Å². The number of carbonyl (C=O) groups excluding carboxylic acids is 4. The number of ether oxygens (including phenoxy) is 4. The van der Waals surface area contributed by atoms with E-state index in [0.717, 1.165) is 108 Å². The predicted molar refractivity (Wildman–Crippen MR) is 340 cm³/mol. The molecule has 0 aromatic rings. The maximum Gasteiger partial charge on any atom is 0.472 e. The van der Waals surface area contributed by atoms with Crippen molar-refractivity contribution in [3.63, 3.8) is 0 Å². The molecule has 0 amide bonds. The maximum absolute atomic E-state index is 13.0. The molecule has 0 aromatic carbocycles. The van der Waals surface area contributed by atoms with Crippen LogP contribution >= 0.6 is 15.6 Å². The van der Waals surface area contributed by atoms with Crippen LogP contribution in [0.15, 0.2) is 0 Å². The molecule has 0 aliphatic rings. The van der Waals surface area contributed by atoms with E-state index < -0.39 is 97.5 Å². The molecular formula is C66H128O17P2. The fraction of sp³-hybridized carbons (Fsp3) is 0.939. The molecule has 0 saturated heterocycles. The van der Waals surface area contributed by atoms with Crippen molar-refractivity contribution in [1.29, 1.82) is 0 Å². The third-order valence-corrected chi connectivity index (χ3v) is 17.0. The van der Waals surface area contributed by atoms with E-state index in [2.05, 4.69) is 48.5 Å². The van der Waals surface area contributed by atoms with Crippen molar-refractivity contribution >= 4 is 39.5 Å². The number of aliphatic hydroxyl groups is 1. The molecule has 0 aliphatic heterocycles. The van der Waals surface area contributed by atoms with Gasteiger partial charge in [-0.25, -0.2) is 9.13 Å².